The van der Waals surface area contributed by atoms with Crippen LogP contribution in [0.3, 0.4) is 0 Å². The Morgan fingerprint density at radius 2 is 1.86 bits per heavy atom. The van der Waals surface area contributed by atoms with Gasteiger partial charge >= 0.3 is 17.9 Å². The molecule has 0 amide bonds. The Hall–Kier alpha value is -1.87. The van der Waals surface area contributed by atoms with Gasteiger partial charge in [-0.2, -0.15) is 8.78 Å². The van der Waals surface area contributed by atoms with E-state index < -0.39 is 42.6 Å². The number of unbranched alkanes of at least 4 members (excludes halogenated alkanes) is 4. The Morgan fingerprint density at radius 1 is 1.11 bits per heavy atom. The Morgan fingerprint density at radius 3 is 2.51 bits per heavy atom. The third-order valence-electron chi connectivity index (χ3n) is 7.12. The maximum absolute atomic E-state index is 14.4. The second-order valence-corrected chi connectivity index (χ2v) is 10.1. The van der Waals surface area contributed by atoms with Crippen LogP contribution in [0.25, 0.3) is 0 Å². The molecule has 1 heterocycles. The first-order valence-electron chi connectivity index (χ1n) is 13.8. The van der Waals surface area contributed by atoms with Crippen molar-refractivity contribution < 1.29 is 42.1 Å². The largest absolute Gasteiger partial charge is 0.469 e. The number of ketones is 1. The second-order valence-electron chi connectivity index (χ2n) is 10.1. The van der Waals surface area contributed by atoms with Crippen molar-refractivity contribution in [3.8, 4) is 0 Å². The fourth-order valence-electron chi connectivity index (χ4n) is 5.07. The molecule has 4 unspecified atom stereocenters. The molecule has 7 nitrogen and oxygen atoms in total. The van der Waals surface area contributed by atoms with Gasteiger partial charge in [0, 0.05) is 45.1 Å². The maximum Gasteiger partial charge on any atom is 0.305 e. The van der Waals surface area contributed by atoms with Crippen LogP contribution in [0.1, 0.15) is 104 Å². The number of carbonyl (C=O) groups is 3. The first-order valence-corrected chi connectivity index (χ1v) is 13.8. The van der Waals surface area contributed by atoms with Crippen molar-refractivity contribution in [1.82, 2.24) is 0 Å². The average molecular weight is 531 g/mol. The van der Waals surface area contributed by atoms with Crippen molar-refractivity contribution in [2.75, 3.05) is 13.7 Å². The van der Waals surface area contributed by atoms with Crippen LogP contribution < -0.4 is 0 Å². The molecule has 0 aromatic rings. The molecule has 0 N–H and O–H groups in total. The van der Waals surface area contributed by atoms with Crippen molar-refractivity contribution in [3.05, 3.63) is 11.6 Å². The number of alkyl halides is 2. The highest BCUT2D eigenvalue weighted by Crippen LogP contribution is 2.41. The third kappa shape index (κ3) is 10.8. The maximum atomic E-state index is 14.4. The molecule has 2 aliphatic rings. The number of halogens is 2. The van der Waals surface area contributed by atoms with E-state index in [0.29, 0.717) is 32.3 Å². The van der Waals surface area contributed by atoms with Gasteiger partial charge in [-0.25, -0.2) is 0 Å². The molecule has 1 saturated heterocycles. The van der Waals surface area contributed by atoms with Gasteiger partial charge < -0.3 is 18.9 Å². The van der Waals surface area contributed by atoms with Crippen molar-refractivity contribution in [2.45, 2.75) is 128 Å². The molecular formula is C28H44F2O7. The topological polar surface area (TPSA) is 88.1 Å². The van der Waals surface area contributed by atoms with Crippen molar-refractivity contribution in [3.63, 3.8) is 0 Å². The number of esters is 2. The smallest absolute Gasteiger partial charge is 0.305 e. The first-order chi connectivity index (χ1) is 17.7. The van der Waals surface area contributed by atoms with Gasteiger partial charge in [-0.05, 0) is 44.1 Å². The predicted octanol–water partition coefficient (Wildman–Crippen LogP) is 6.07. The normalized spacial score (nSPS) is 25.3. The summed E-state index contributed by atoms with van der Waals surface area (Å²) in [6, 6.07) is 0. The van der Waals surface area contributed by atoms with E-state index in [1.165, 1.54) is 14.0 Å². The molecule has 1 aliphatic heterocycles. The lowest BCUT2D eigenvalue weighted by Crippen LogP contribution is -2.29. The van der Waals surface area contributed by atoms with E-state index in [4.69, 9.17) is 14.2 Å². The van der Waals surface area contributed by atoms with Crippen LogP contribution in [0, 0.1) is 5.92 Å². The molecule has 4 atom stereocenters. The summed E-state index contributed by atoms with van der Waals surface area (Å²) in [5, 5.41) is 0. The van der Waals surface area contributed by atoms with Crippen molar-refractivity contribution in [2.24, 2.45) is 5.92 Å². The number of allylic oxidation sites excluding steroid dienone is 1. The molecule has 1 aliphatic carbocycles. The van der Waals surface area contributed by atoms with E-state index in [1.807, 2.05) is 6.92 Å². The molecule has 0 spiro atoms. The predicted molar refractivity (Wildman–Crippen MR) is 134 cm³/mol. The lowest BCUT2D eigenvalue weighted by Gasteiger charge is -2.27. The highest BCUT2D eigenvalue weighted by Gasteiger charge is 2.43. The number of methoxy groups -OCH3 is 1. The van der Waals surface area contributed by atoms with Gasteiger partial charge in [-0.3, -0.25) is 14.4 Å². The lowest BCUT2D eigenvalue weighted by molar-refractivity contribution is -0.181. The molecule has 9 heteroatoms. The van der Waals surface area contributed by atoms with Crippen molar-refractivity contribution >= 4 is 17.7 Å². The van der Waals surface area contributed by atoms with E-state index in [2.05, 4.69) is 4.74 Å². The van der Waals surface area contributed by atoms with Gasteiger partial charge in [0.2, 0.25) is 5.78 Å². The number of hydrogen-bond donors (Lipinski definition) is 0. The fraction of sp³-hybridized carbons (Fsp3) is 0.821. The minimum absolute atomic E-state index is 0.227. The van der Waals surface area contributed by atoms with Gasteiger partial charge in [0.05, 0.1) is 13.2 Å². The summed E-state index contributed by atoms with van der Waals surface area (Å²) in [5.41, 5.74) is 0.745. The average Bonchev–Trinajstić information content (AvgIpc) is 3.18. The summed E-state index contributed by atoms with van der Waals surface area (Å²) >= 11 is 0. The van der Waals surface area contributed by atoms with Crippen molar-refractivity contribution in [1.29, 1.82) is 0 Å². The van der Waals surface area contributed by atoms with E-state index in [-0.39, 0.29) is 24.7 Å². The summed E-state index contributed by atoms with van der Waals surface area (Å²) in [4.78, 5) is 35.6. The van der Waals surface area contributed by atoms with Crippen LogP contribution in [0.4, 0.5) is 8.78 Å². The van der Waals surface area contributed by atoms with Crippen LogP contribution in [0.2, 0.25) is 0 Å². The number of rotatable bonds is 16. The lowest BCUT2D eigenvalue weighted by atomic mass is 9.91. The summed E-state index contributed by atoms with van der Waals surface area (Å²) in [6.45, 7) is 3.76. The number of carbonyl (C=O) groups excluding carboxylic acids is 3. The van der Waals surface area contributed by atoms with Gasteiger partial charge in [0.15, 0.2) is 6.29 Å². The minimum Gasteiger partial charge on any atom is -0.469 e. The van der Waals surface area contributed by atoms with Gasteiger partial charge in [-0.1, -0.05) is 38.7 Å². The highest BCUT2D eigenvalue weighted by molar-refractivity contribution is 5.86. The fourth-order valence-corrected chi connectivity index (χ4v) is 5.07. The summed E-state index contributed by atoms with van der Waals surface area (Å²) < 4.78 is 51.0. The zero-order chi connectivity index (χ0) is 27.3. The van der Waals surface area contributed by atoms with Crippen LogP contribution in [0.5, 0.6) is 0 Å². The first kappa shape index (κ1) is 31.3. The Bertz CT molecular complexity index is 762. The molecule has 2 fully saturated rings. The zero-order valence-corrected chi connectivity index (χ0v) is 22.6. The zero-order valence-electron chi connectivity index (χ0n) is 22.6. The van der Waals surface area contributed by atoms with Crippen LogP contribution in [-0.2, 0) is 33.3 Å². The SMILES string of the molecule is CCCCC(F)(F)C(=O)CC=C1C(OC2CCCCO2)CC(OC(C)=O)C1CCCCCCC(=O)OC. The van der Waals surface area contributed by atoms with E-state index in [0.717, 1.165) is 50.5 Å². The van der Waals surface area contributed by atoms with E-state index in [1.54, 1.807) is 6.08 Å². The Balaban J connectivity index is 2.14. The number of Topliss-reactive ketones (excluding diaryl/α,β-unsaturated/α-hetero) is 1. The van der Waals surface area contributed by atoms with Gasteiger partial charge in [0.1, 0.15) is 6.10 Å². The molecule has 37 heavy (non-hydrogen) atoms. The Labute approximate surface area is 219 Å². The van der Waals surface area contributed by atoms with Crippen LogP contribution in [-0.4, -0.2) is 55.9 Å². The molecule has 0 radical (unpaired) electrons. The van der Waals surface area contributed by atoms with Gasteiger partial charge in [-0.15, -0.1) is 0 Å². The molecule has 2 rings (SSSR count). The summed E-state index contributed by atoms with van der Waals surface area (Å²) in [6.07, 6.45) is 7.62. The van der Waals surface area contributed by atoms with E-state index in [9.17, 15) is 23.2 Å². The second kappa shape index (κ2) is 16.2. The molecule has 212 valence electrons. The monoisotopic (exact) mass is 530 g/mol. The molecule has 0 aromatic carbocycles. The Kier molecular flexibility index (Phi) is 13.7. The molecular weight excluding hydrogens is 486 g/mol. The minimum atomic E-state index is -3.36. The van der Waals surface area contributed by atoms with Crippen LogP contribution >= 0.6 is 0 Å². The summed E-state index contributed by atoms with van der Waals surface area (Å²) in [5.74, 6) is -5.34. The summed E-state index contributed by atoms with van der Waals surface area (Å²) in [7, 11) is 1.37. The van der Waals surface area contributed by atoms with E-state index >= 15 is 0 Å². The van der Waals surface area contributed by atoms with Gasteiger partial charge in [0.25, 0.3) is 0 Å². The standard InChI is InChI=1S/C28H44F2O7/c1-4-5-17-28(29,30)25(32)16-15-22-21(12-8-6-7-9-13-26(33)34-3)23(36-20(2)31)19-24(22)37-27-14-10-11-18-35-27/h15,21,23-24,27H,4-14,16-19H2,1-3H3. The third-order valence-corrected chi connectivity index (χ3v) is 7.12. The molecule has 0 bridgehead atoms. The number of ether oxygens (including phenoxy) is 4. The highest BCUT2D eigenvalue weighted by atomic mass is 19.3. The quantitative estimate of drug-likeness (QED) is 0.136. The number of hydrogen-bond acceptors (Lipinski definition) is 7. The molecule has 1 saturated carbocycles. The van der Waals surface area contributed by atoms with Crippen LogP contribution in [0.15, 0.2) is 11.6 Å². The molecule has 0 aromatic heterocycles.